The SMILES string of the molecule is CC(C)CC(CC(=O)[O-])(C(=O)[O-])S(=O)(=O)O.[Na+].[Na+]. The molecular weight excluding hydrogens is 286 g/mol. The fourth-order valence-corrected chi connectivity index (χ4v) is 2.48. The van der Waals surface area contributed by atoms with Crippen molar-refractivity contribution in [2.45, 2.75) is 31.4 Å². The third-order valence-corrected chi connectivity index (χ3v) is 3.50. The zero-order valence-electron chi connectivity index (χ0n) is 10.8. The van der Waals surface area contributed by atoms with Crippen LogP contribution in [0.3, 0.4) is 0 Å². The van der Waals surface area contributed by atoms with E-state index in [1.54, 1.807) is 0 Å². The van der Waals surface area contributed by atoms with E-state index in [4.69, 9.17) is 4.55 Å². The summed E-state index contributed by atoms with van der Waals surface area (Å²) < 4.78 is 28.0. The molecule has 1 atom stereocenters. The van der Waals surface area contributed by atoms with Crippen LogP contribution in [0.1, 0.15) is 26.7 Å². The molecule has 0 aromatic rings. The zero-order chi connectivity index (χ0) is 13.1. The summed E-state index contributed by atoms with van der Waals surface area (Å²) in [4.78, 5) is 21.2. The van der Waals surface area contributed by atoms with E-state index in [9.17, 15) is 28.2 Å². The smallest absolute Gasteiger partial charge is 0.550 e. The summed E-state index contributed by atoms with van der Waals surface area (Å²) in [7, 11) is -5.10. The van der Waals surface area contributed by atoms with Crippen LogP contribution in [0.5, 0.6) is 0 Å². The monoisotopic (exact) mass is 298 g/mol. The van der Waals surface area contributed by atoms with Crippen LogP contribution >= 0.6 is 0 Å². The van der Waals surface area contributed by atoms with Gasteiger partial charge in [-0.3, -0.25) is 4.55 Å². The van der Waals surface area contributed by atoms with Gasteiger partial charge in [-0.2, -0.15) is 8.42 Å². The Labute approximate surface area is 150 Å². The minimum absolute atomic E-state index is 0. The number of aliphatic carboxylic acids is 2. The molecule has 0 heterocycles. The average molecular weight is 298 g/mol. The number of hydrogen-bond donors (Lipinski definition) is 1. The molecule has 10 heteroatoms. The molecule has 1 N–H and O–H groups in total. The molecule has 0 amide bonds. The van der Waals surface area contributed by atoms with Gasteiger partial charge in [0.25, 0.3) is 10.1 Å². The van der Waals surface area contributed by atoms with Crippen molar-refractivity contribution in [1.29, 1.82) is 0 Å². The molecule has 18 heavy (non-hydrogen) atoms. The van der Waals surface area contributed by atoms with Gasteiger partial charge in [0.2, 0.25) is 0 Å². The Morgan fingerprint density at radius 3 is 1.78 bits per heavy atom. The van der Waals surface area contributed by atoms with Gasteiger partial charge in [-0.05, 0) is 12.3 Å². The molecule has 0 aromatic heterocycles. The number of hydrogen-bond acceptors (Lipinski definition) is 6. The van der Waals surface area contributed by atoms with Gasteiger partial charge in [0.1, 0.15) is 4.75 Å². The van der Waals surface area contributed by atoms with E-state index in [1.807, 2.05) is 0 Å². The Morgan fingerprint density at radius 2 is 1.61 bits per heavy atom. The molecule has 0 aliphatic carbocycles. The van der Waals surface area contributed by atoms with Crippen molar-refractivity contribution in [3.8, 4) is 0 Å². The van der Waals surface area contributed by atoms with Gasteiger partial charge in [-0.1, -0.05) is 13.8 Å². The fourth-order valence-electron chi connectivity index (χ4n) is 1.42. The molecule has 0 saturated heterocycles. The predicted molar refractivity (Wildman–Crippen MR) is 48.4 cm³/mol. The Morgan fingerprint density at radius 1 is 1.22 bits per heavy atom. The van der Waals surface area contributed by atoms with E-state index >= 15 is 0 Å². The third-order valence-electron chi connectivity index (χ3n) is 2.03. The van der Waals surface area contributed by atoms with E-state index < -0.39 is 45.6 Å². The average Bonchev–Trinajstić information content (AvgIpc) is 1.97. The first-order chi connectivity index (χ1) is 7.03. The molecule has 7 nitrogen and oxygen atoms in total. The van der Waals surface area contributed by atoms with E-state index in [-0.39, 0.29) is 59.1 Å². The normalized spacial score (nSPS) is 14.0. The summed E-state index contributed by atoms with van der Waals surface area (Å²) in [5.74, 6) is -4.49. The molecule has 0 aromatic carbocycles. The molecule has 0 rings (SSSR count). The first-order valence-electron chi connectivity index (χ1n) is 4.41. The number of carbonyl (C=O) groups excluding carboxylic acids is 2. The summed E-state index contributed by atoms with van der Waals surface area (Å²) in [6.45, 7) is 2.97. The van der Waals surface area contributed by atoms with Crippen LogP contribution in [0, 0.1) is 5.92 Å². The van der Waals surface area contributed by atoms with Crippen molar-refractivity contribution in [3.05, 3.63) is 0 Å². The molecule has 0 aliphatic rings. The van der Waals surface area contributed by atoms with Gasteiger partial charge in [-0.25, -0.2) is 0 Å². The summed E-state index contributed by atoms with van der Waals surface area (Å²) in [5, 5.41) is 21.2. The molecular formula is C8H12Na2O7S. The van der Waals surface area contributed by atoms with Crippen molar-refractivity contribution >= 4 is 22.1 Å². The van der Waals surface area contributed by atoms with E-state index in [2.05, 4.69) is 0 Å². The maximum Gasteiger partial charge on any atom is 1.00 e. The van der Waals surface area contributed by atoms with Crippen LogP contribution < -0.4 is 69.3 Å². The molecule has 1 unspecified atom stereocenters. The Balaban J connectivity index is -0.00000112. The summed E-state index contributed by atoms with van der Waals surface area (Å²) in [5.41, 5.74) is 0. The second-order valence-electron chi connectivity index (χ2n) is 3.90. The summed E-state index contributed by atoms with van der Waals surface area (Å²) in [6, 6.07) is 0. The molecule has 0 bridgehead atoms. The number of carbonyl (C=O) groups is 2. The van der Waals surface area contributed by atoms with Gasteiger partial charge >= 0.3 is 59.1 Å². The van der Waals surface area contributed by atoms with Gasteiger partial charge < -0.3 is 19.8 Å². The van der Waals surface area contributed by atoms with Crippen LogP contribution in [0.4, 0.5) is 0 Å². The maximum absolute atomic E-state index is 11.0. The van der Waals surface area contributed by atoms with Crippen molar-refractivity contribution in [1.82, 2.24) is 0 Å². The van der Waals surface area contributed by atoms with Crippen LogP contribution in [-0.2, 0) is 19.7 Å². The second kappa shape index (κ2) is 8.91. The summed E-state index contributed by atoms with van der Waals surface area (Å²) >= 11 is 0. The van der Waals surface area contributed by atoms with E-state index in [0.29, 0.717) is 0 Å². The third kappa shape index (κ3) is 6.33. The van der Waals surface area contributed by atoms with Crippen LogP contribution in [0.15, 0.2) is 0 Å². The quantitative estimate of drug-likeness (QED) is 0.380. The van der Waals surface area contributed by atoms with Crippen molar-refractivity contribution in [3.63, 3.8) is 0 Å². The topological polar surface area (TPSA) is 135 Å². The number of carboxylic acid groups (broad SMARTS) is 2. The molecule has 0 spiro atoms. The Bertz CT molecular complexity index is 392. The van der Waals surface area contributed by atoms with Crippen molar-refractivity contribution in [2.24, 2.45) is 5.92 Å². The minimum atomic E-state index is -5.10. The van der Waals surface area contributed by atoms with Gasteiger partial charge in [0, 0.05) is 12.4 Å². The molecule has 0 aliphatic heterocycles. The van der Waals surface area contributed by atoms with E-state index in [1.165, 1.54) is 13.8 Å². The first-order valence-corrected chi connectivity index (χ1v) is 5.85. The zero-order valence-corrected chi connectivity index (χ0v) is 15.6. The van der Waals surface area contributed by atoms with Crippen LogP contribution in [0.2, 0.25) is 0 Å². The van der Waals surface area contributed by atoms with Crippen molar-refractivity contribution < 1.29 is 91.9 Å². The predicted octanol–water partition coefficient (Wildman–Crippen LogP) is -8.44. The van der Waals surface area contributed by atoms with E-state index in [0.717, 1.165) is 0 Å². The fraction of sp³-hybridized carbons (Fsp3) is 0.750. The molecule has 0 saturated carbocycles. The minimum Gasteiger partial charge on any atom is -0.550 e. The molecule has 0 radical (unpaired) electrons. The van der Waals surface area contributed by atoms with Crippen molar-refractivity contribution in [2.75, 3.05) is 0 Å². The standard InChI is InChI=1S/C8H14O7S.2Na/c1-5(2)3-8(7(11)12,4-6(9)10)16(13,14)15;;/h5H,3-4H2,1-2H3,(H,9,10)(H,11,12)(H,13,14,15);;/q;2*+1/p-2. The summed E-state index contributed by atoms with van der Waals surface area (Å²) in [6.07, 6.45) is -1.91. The second-order valence-corrected chi connectivity index (χ2v) is 5.64. The Kier molecular flexibility index (Phi) is 11.8. The van der Waals surface area contributed by atoms with Gasteiger partial charge in [-0.15, -0.1) is 0 Å². The van der Waals surface area contributed by atoms with Crippen LogP contribution in [0.25, 0.3) is 0 Å². The largest absolute Gasteiger partial charge is 1.00 e. The Hall–Kier alpha value is 0.850. The van der Waals surface area contributed by atoms with Gasteiger partial charge in [0.05, 0.1) is 5.97 Å². The number of rotatable bonds is 6. The first kappa shape index (κ1) is 23.9. The van der Waals surface area contributed by atoms with Crippen LogP contribution in [-0.4, -0.2) is 29.7 Å². The van der Waals surface area contributed by atoms with Gasteiger partial charge in [0.15, 0.2) is 0 Å². The molecule has 0 fully saturated rings. The maximum atomic E-state index is 11.0. The molecule has 94 valence electrons. The number of carboxylic acids is 2.